The van der Waals surface area contributed by atoms with Crippen molar-refractivity contribution in [1.82, 2.24) is 9.78 Å². The molecule has 0 saturated heterocycles. The molecule has 0 atom stereocenters. The molecule has 0 saturated carbocycles. The Bertz CT molecular complexity index is 439. The largest absolute Gasteiger partial charge is 0.436 e. The number of hydrogen-bond donors (Lipinski definition) is 0. The van der Waals surface area contributed by atoms with E-state index in [-0.39, 0.29) is 11.0 Å². The van der Waals surface area contributed by atoms with Crippen LogP contribution in [0.3, 0.4) is 0 Å². The number of nitrogens with zero attached hydrogens (tertiary/aromatic N) is 2. The zero-order valence-corrected chi connectivity index (χ0v) is 9.61. The van der Waals surface area contributed by atoms with Crippen molar-refractivity contribution in [3.63, 3.8) is 0 Å². The van der Waals surface area contributed by atoms with Crippen molar-refractivity contribution in [3.05, 3.63) is 17.5 Å². The molecule has 1 heterocycles. The van der Waals surface area contributed by atoms with Gasteiger partial charge in [-0.2, -0.15) is 18.3 Å². The molecule has 1 aromatic rings. The van der Waals surface area contributed by atoms with E-state index in [0.29, 0.717) is 0 Å². The van der Waals surface area contributed by atoms with Crippen molar-refractivity contribution in [2.45, 2.75) is 26.9 Å². The highest BCUT2D eigenvalue weighted by Crippen LogP contribution is 2.30. The first kappa shape index (κ1) is 12.6. The van der Waals surface area contributed by atoms with Gasteiger partial charge in [-0.15, -0.1) is 0 Å². The van der Waals surface area contributed by atoms with Crippen LogP contribution in [0.2, 0.25) is 0 Å². The van der Waals surface area contributed by atoms with Gasteiger partial charge in [-0.05, 0) is 20.8 Å². The van der Waals surface area contributed by atoms with Crippen LogP contribution in [-0.2, 0) is 13.2 Å². The quantitative estimate of drug-likeness (QED) is 0.627. The van der Waals surface area contributed by atoms with Crippen LogP contribution in [0.1, 0.15) is 32.0 Å². The van der Waals surface area contributed by atoms with Gasteiger partial charge in [0.1, 0.15) is 0 Å². The molecule has 0 spiro atoms. The zero-order chi connectivity index (χ0) is 12.6. The Balaban J connectivity index is 3.19. The van der Waals surface area contributed by atoms with Crippen LogP contribution >= 0.6 is 0 Å². The summed E-state index contributed by atoms with van der Waals surface area (Å²) in [6.07, 6.45) is -3.18. The van der Waals surface area contributed by atoms with Crippen molar-refractivity contribution >= 4 is 0 Å². The third-order valence-electron chi connectivity index (χ3n) is 1.67. The van der Waals surface area contributed by atoms with Crippen LogP contribution in [0.4, 0.5) is 13.2 Å². The molecule has 0 amide bonds. The summed E-state index contributed by atoms with van der Waals surface area (Å²) in [4.78, 5) is 0. The molecule has 16 heavy (non-hydrogen) atoms. The lowest BCUT2D eigenvalue weighted by Crippen LogP contribution is -2.08. The van der Waals surface area contributed by atoms with Gasteiger partial charge in [0.15, 0.2) is 5.69 Å². The lowest BCUT2D eigenvalue weighted by Gasteiger charge is -2.07. The molecule has 5 heteroatoms. The fourth-order valence-electron chi connectivity index (χ4n) is 1.04. The lowest BCUT2D eigenvalue weighted by molar-refractivity contribution is -0.141. The highest BCUT2D eigenvalue weighted by atomic mass is 19.4. The van der Waals surface area contributed by atoms with Crippen LogP contribution in [-0.4, -0.2) is 9.78 Å². The monoisotopic (exact) mass is 230 g/mol. The normalized spacial score (nSPS) is 12.2. The van der Waals surface area contributed by atoms with E-state index in [1.54, 1.807) is 0 Å². The summed E-state index contributed by atoms with van der Waals surface area (Å²) in [7, 11) is 1.44. The van der Waals surface area contributed by atoms with E-state index in [1.165, 1.54) is 13.2 Å². The Morgan fingerprint density at radius 3 is 2.25 bits per heavy atom. The van der Waals surface area contributed by atoms with Crippen molar-refractivity contribution in [2.75, 3.05) is 0 Å². The van der Waals surface area contributed by atoms with Gasteiger partial charge in [-0.25, -0.2) is 0 Å². The number of halogens is 3. The van der Waals surface area contributed by atoms with E-state index in [9.17, 15) is 13.2 Å². The minimum Gasteiger partial charge on any atom is -0.274 e. The Labute approximate surface area is 92.5 Å². The molecule has 0 N–H and O–H groups in total. The Morgan fingerprint density at radius 2 is 1.81 bits per heavy atom. The van der Waals surface area contributed by atoms with Crippen LogP contribution in [0.25, 0.3) is 0 Å². The number of aromatic nitrogens is 2. The predicted octanol–water partition coefficient (Wildman–Crippen LogP) is 2.84. The van der Waals surface area contributed by atoms with Gasteiger partial charge in [0.25, 0.3) is 0 Å². The fraction of sp³-hybridized carbons (Fsp3) is 0.545. The molecule has 0 aliphatic rings. The first-order valence-electron chi connectivity index (χ1n) is 4.73. The van der Waals surface area contributed by atoms with Crippen molar-refractivity contribution in [1.29, 1.82) is 0 Å². The smallest absolute Gasteiger partial charge is 0.274 e. The van der Waals surface area contributed by atoms with Crippen LogP contribution in [0, 0.1) is 17.3 Å². The van der Waals surface area contributed by atoms with Gasteiger partial charge in [-0.1, -0.05) is 11.8 Å². The summed E-state index contributed by atoms with van der Waals surface area (Å²) in [6, 6.07) is 0. The number of rotatable bonds is 0. The Kier molecular flexibility index (Phi) is 3.04. The lowest BCUT2D eigenvalue weighted by atomic mass is 9.97. The molecule has 0 radical (unpaired) electrons. The van der Waals surface area contributed by atoms with E-state index in [4.69, 9.17) is 0 Å². The third kappa shape index (κ3) is 3.30. The van der Waals surface area contributed by atoms with Gasteiger partial charge >= 0.3 is 6.18 Å². The summed E-state index contributed by atoms with van der Waals surface area (Å²) >= 11 is 0. The molecule has 88 valence electrons. The van der Waals surface area contributed by atoms with Crippen LogP contribution < -0.4 is 0 Å². The number of hydrogen-bond acceptors (Lipinski definition) is 1. The van der Waals surface area contributed by atoms with Gasteiger partial charge in [0, 0.05) is 18.7 Å². The highest BCUT2D eigenvalue weighted by Gasteiger charge is 2.36. The molecule has 1 rings (SSSR count). The second-order valence-electron chi connectivity index (χ2n) is 4.56. The van der Waals surface area contributed by atoms with E-state index in [1.807, 2.05) is 20.8 Å². The van der Waals surface area contributed by atoms with Gasteiger partial charge in [-0.3, -0.25) is 4.68 Å². The van der Waals surface area contributed by atoms with Crippen molar-refractivity contribution < 1.29 is 13.2 Å². The second-order valence-corrected chi connectivity index (χ2v) is 4.56. The third-order valence-corrected chi connectivity index (χ3v) is 1.67. The minimum atomic E-state index is -4.46. The summed E-state index contributed by atoms with van der Waals surface area (Å²) in [5, 5.41) is 3.37. The van der Waals surface area contributed by atoms with Crippen molar-refractivity contribution in [3.8, 4) is 11.8 Å². The van der Waals surface area contributed by atoms with Crippen LogP contribution in [0.5, 0.6) is 0 Å². The second kappa shape index (κ2) is 3.85. The maximum Gasteiger partial charge on any atom is 0.436 e. The van der Waals surface area contributed by atoms with E-state index in [2.05, 4.69) is 16.9 Å². The van der Waals surface area contributed by atoms with Crippen molar-refractivity contribution in [2.24, 2.45) is 12.5 Å². The van der Waals surface area contributed by atoms with E-state index in [0.717, 1.165) is 4.68 Å². The summed E-state index contributed by atoms with van der Waals surface area (Å²) < 4.78 is 38.7. The van der Waals surface area contributed by atoms with Crippen LogP contribution in [0.15, 0.2) is 6.20 Å². The SMILES string of the molecule is Cn1cc(C#CC(C)(C)C)c(C(F)(F)F)n1. The summed E-state index contributed by atoms with van der Waals surface area (Å²) in [5.74, 6) is 5.29. The van der Waals surface area contributed by atoms with E-state index >= 15 is 0 Å². The maximum absolute atomic E-state index is 12.5. The maximum atomic E-state index is 12.5. The summed E-state index contributed by atoms with van der Waals surface area (Å²) in [6.45, 7) is 5.51. The minimum absolute atomic E-state index is 0.0788. The Hall–Kier alpha value is -1.44. The number of alkyl halides is 3. The standard InChI is InChI=1S/C11H13F3N2/c1-10(2,3)6-5-8-7-16(4)15-9(8)11(12,13)14/h7H,1-4H3. The van der Waals surface area contributed by atoms with Gasteiger partial charge in [0.2, 0.25) is 0 Å². The molecule has 0 aromatic carbocycles. The van der Waals surface area contributed by atoms with Gasteiger partial charge in [0.05, 0.1) is 5.56 Å². The topological polar surface area (TPSA) is 17.8 Å². The predicted molar refractivity (Wildman–Crippen MR) is 54.5 cm³/mol. The molecule has 2 nitrogen and oxygen atoms in total. The first-order chi connectivity index (χ1) is 7.09. The molecule has 0 fully saturated rings. The molecule has 0 unspecified atom stereocenters. The first-order valence-corrected chi connectivity index (χ1v) is 4.73. The highest BCUT2D eigenvalue weighted by molar-refractivity contribution is 5.38. The molecular weight excluding hydrogens is 217 g/mol. The van der Waals surface area contributed by atoms with E-state index < -0.39 is 11.9 Å². The molecule has 1 aromatic heterocycles. The summed E-state index contributed by atoms with van der Waals surface area (Å²) in [5.41, 5.74) is -1.34. The fourth-order valence-corrected chi connectivity index (χ4v) is 1.04. The Morgan fingerprint density at radius 1 is 1.25 bits per heavy atom. The van der Waals surface area contributed by atoms with Gasteiger partial charge < -0.3 is 0 Å². The molecular formula is C11H13F3N2. The zero-order valence-electron chi connectivity index (χ0n) is 9.61. The average Bonchev–Trinajstić information content (AvgIpc) is 2.41. The molecule has 0 aliphatic carbocycles. The molecule has 0 bridgehead atoms. The molecule has 0 aliphatic heterocycles. The number of aryl methyl sites for hydroxylation is 1. The average molecular weight is 230 g/mol.